The number of ketones is 1. The number of halogens is 1. The molecule has 6 nitrogen and oxygen atoms in total. The highest BCUT2D eigenvalue weighted by molar-refractivity contribution is 7.89. The van der Waals surface area contributed by atoms with Crippen LogP contribution in [0.2, 0.25) is 5.02 Å². The van der Waals surface area contributed by atoms with Crippen molar-refractivity contribution in [1.29, 1.82) is 0 Å². The maximum Gasteiger partial charge on any atom is 0.240 e. The summed E-state index contributed by atoms with van der Waals surface area (Å²) in [6.07, 6.45) is -0.000775. The van der Waals surface area contributed by atoms with Crippen molar-refractivity contribution in [3.63, 3.8) is 0 Å². The van der Waals surface area contributed by atoms with Crippen molar-refractivity contribution >= 4 is 33.3 Å². The highest BCUT2D eigenvalue weighted by Crippen LogP contribution is 2.12. The molecule has 0 aliphatic carbocycles. The van der Waals surface area contributed by atoms with Crippen molar-refractivity contribution < 1.29 is 18.0 Å². The fourth-order valence-corrected chi connectivity index (χ4v) is 3.36. The summed E-state index contributed by atoms with van der Waals surface area (Å²) in [6.45, 7) is 1.66. The number of hydrogen-bond donors (Lipinski definition) is 2. The molecular formula is C18H19ClN2O4S. The van der Waals surface area contributed by atoms with E-state index in [0.717, 1.165) is 5.56 Å². The predicted octanol–water partition coefficient (Wildman–Crippen LogP) is 2.53. The molecule has 138 valence electrons. The molecule has 0 atom stereocenters. The van der Waals surface area contributed by atoms with Gasteiger partial charge in [0.1, 0.15) is 0 Å². The van der Waals surface area contributed by atoms with Gasteiger partial charge in [0.05, 0.1) is 4.90 Å². The van der Waals surface area contributed by atoms with Crippen LogP contribution in [0.4, 0.5) is 0 Å². The molecule has 0 aliphatic rings. The molecule has 2 N–H and O–H groups in total. The van der Waals surface area contributed by atoms with E-state index in [9.17, 15) is 18.0 Å². The summed E-state index contributed by atoms with van der Waals surface area (Å²) in [5.74, 6) is -0.497. The van der Waals surface area contributed by atoms with Crippen LogP contribution in [0.3, 0.4) is 0 Å². The Labute approximate surface area is 157 Å². The van der Waals surface area contributed by atoms with E-state index in [2.05, 4.69) is 10.0 Å². The van der Waals surface area contributed by atoms with Crippen LogP contribution in [-0.4, -0.2) is 26.7 Å². The zero-order valence-corrected chi connectivity index (χ0v) is 15.7. The highest BCUT2D eigenvalue weighted by atomic mass is 35.5. The second-order valence-electron chi connectivity index (χ2n) is 5.63. The molecule has 26 heavy (non-hydrogen) atoms. The normalized spacial score (nSPS) is 11.2. The smallest absolute Gasteiger partial charge is 0.240 e. The van der Waals surface area contributed by atoms with Crippen molar-refractivity contribution in [2.45, 2.75) is 24.8 Å². The molecule has 0 heterocycles. The van der Waals surface area contributed by atoms with E-state index in [-0.39, 0.29) is 29.6 Å². The average Bonchev–Trinajstić information content (AvgIpc) is 2.61. The van der Waals surface area contributed by atoms with Gasteiger partial charge < -0.3 is 5.32 Å². The monoisotopic (exact) mass is 394 g/mol. The van der Waals surface area contributed by atoms with Gasteiger partial charge in [-0.2, -0.15) is 0 Å². The van der Waals surface area contributed by atoms with E-state index < -0.39 is 10.0 Å². The zero-order chi connectivity index (χ0) is 19.2. The minimum atomic E-state index is -3.78. The third kappa shape index (κ3) is 5.94. The first-order chi connectivity index (χ1) is 12.3. The summed E-state index contributed by atoms with van der Waals surface area (Å²) in [7, 11) is -3.78. The molecule has 2 aromatic rings. The van der Waals surface area contributed by atoms with Crippen molar-refractivity contribution in [2.75, 3.05) is 6.54 Å². The molecule has 2 rings (SSSR count). The number of Topliss-reactive ketones (excluding diaryl/α,β-unsaturated/α-hetero) is 1. The van der Waals surface area contributed by atoms with E-state index in [1.165, 1.54) is 25.1 Å². The molecule has 0 spiro atoms. The summed E-state index contributed by atoms with van der Waals surface area (Å²) in [5, 5.41) is 3.32. The first-order valence-corrected chi connectivity index (χ1v) is 9.76. The Kier molecular flexibility index (Phi) is 6.90. The molecule has 0 saturated heterocycles. The Morgan fingerprint density at radius 2 is 1.77 bits per heavy atom. The van der Waals surface area contributed by atoms with Crippen molar-refractivity contribution in [3.05, 3.63) is 64.7 Å². The molecule has 8 heteroatoms. The van der Waals surface area contributed by atoms with Crippen LogP contribution in [0, 0.1) is 0 Å². The van der Waals surface area contributed by atoms with E-state index in [4.69, 9.17) is 11.6 Å². The van der Waals surface area contributed by atoms with E-state index in [1.54, 1.807) is 30.3 Å². The lowest BCUT2D eigenvalue weighted by atomic mass is 10.2. The van der Waals surface area contributed by atoms with Crippen LogP contribution in [0.15, 0.2) is 53.4 Å². The Hall–Kier alpha value is -2.22. The Balaban J connectivity index is 1.84. The summed E-state index contributed by atoms with van der Waals surface area (Å²) in [5.41, 5.74) is 1.21. The fourth-order valence-electron chi connectivity index (χ4n) is 2.16. The minimum absolute atomic E-state index is 0.000775. The lowest BCUT2D eigenvalue weighted by Gasteiger charge is -2.08. The molecular weight excluding hydrogens is 376 g/mol. The van der Waals surface area contributed by atoms with Gasteiger partial charge in [0.2, 0.25) is 15.9 Å². The van der Waals surface area contributed by atoms with Gasteiger partial charge in [-0.1, -0.05) is 35.9 Å². The average molecular weight is 395 g/mol. The van der Waals surface area contributed by atoms with Crippen LogP contribution in [0.5, 0.6) is 0 Å². The van der Waals surface area contributed by atoms with Gasteiger partial charge >= 0.3 is 0 Å². The molecule has 0 fully saturated rings. The Morgan fingerprint density at radius 1 is 1.08 bits per heavy atom. The third-order valence-corrected chi connectivity index (χ3v) is 5.31. The van der Waals surface area contributed by atoms with Crippen LogP contribution in [0.25, 0.3) is 0 Å². The molecule has 1 amide bonds. The summed E-state index contributed by atoms with van der Waals surface area (Å²) in [6, 6.07) is 12.8. The van der Waals surface area contributed by atoms with Gasteiger partial charge in [-0.05, 0) is 36.8 Å². The van der Waals surface area contributed by atoms with Gasteiger partial charge in [-0.25, -0.2) is 13.1 Å². The Bertz CT molecular complexity index is 896. The summed E-state index contributed by atoms with van der Waals surface area (Å²) < 4.78 is 26.8. The maximum absolute atomic E-state index is 12.2. The van der Waals surface area contributed by atoms with Gasteiger partial charge in [0.15, 0.2) is 5.78 Å². The number of carbonyl (C=O) groups is 2. The maximum atomic E-state index is 12.2. The molecule has 0 aliphatic heterocycles. The first kappa shape index (κ1) is 20.1. The van der Waals surface area contributed by atoms with Gasteiger partial charge in [-0.3, -0.25) is 9.59 Å². The standard InChI is InChI=1S/C18H19ClN2O4S/c1-13(22)15-3-2-4-17(11-15)26(24,25)21-10-9-18(23)20-12-14-5-7-16(19)8-6-14/h2-8,11,21H,9-10,12H2,1H3,(H,20,23). The zero-order valence-electron chi connectivity index (χ0n) is 14.2. The van der Waals surface area contributed by atoms with Crippen LogP contribution >= 0.6 is 11.6 Å². The molecule has 0 saturated carbocycles. The largest absolute Gasteiger partial charge is 0.352 e. The topological polar surface area (TPSA) is 92.3 Å². The van der Waals surface area contributed by atoms with Crippen molar-refractivity contribution in [1.82, 2.24) is 10.0 Å². The number of hydrogen-bond acceptors (Lipinski definition) is 4. The van der Waals surface area contributed by atoms with Gasteiger partial charge in [0, 0.05) is 30.1 Å². The quantitative estimate of drug-likeness (QED) is 0.673. The van der Waals surface area contributed by atoms with E-state index in [0.29, 0.717) is 17.1 Å². The molecule has 0 aromatic heterocycles. The van der Waals surface area contributed by atoms with Crippen molar-refractivity contribution in [3.8, 4) is 0 Å². The van der Waals surface area contributed by atoms with Crippen LogP contribution < -0.4 is 10.0 Å². The number of sulfonamides is 1. The lowest BCUT2D eigenvalue weighted by molar-refractivity contribution is -0.121. The highest BCUT2D eigenvalue weighted by Gasteiger charge is 2.15. The number of amides is 1. The van der Waals surface area contributed by atoms with Crippen molar-refractivity contribution in [2.24, 2.45) is 0 Å². The molecule has 0 unspecified atom stereocenters. The third-order valence-electron chi connectivity index (χ3n) is 3.60. The summed E-state index contributed by atoms with van der Waals surface area (Å²) in [4.78, 5) is 23.2. The second kappa shape index (κ2) is 8.93. The number of rotatable bonds is 8. The van der Waals surface area contributed by atoms with E-state index >= 15 is 0 Å². The Morgan fingerprint density at radius 3 is 2.42 bits per heavy atom. The minimum Gasteiger partial charge on any atom is -0.352 e. The van der Waals surface area contributed by atoms with E-state index in [1.807, 2.05) is 0 Å². The SMILES string of the molecule is CC(=O)c1cccc(S(=O)(=O)NCCC(=O)NCc2ccc(Cl)cc2)c1. The molecule has 2 aromatic carbocycles. The van der Waals surface area contributed by atoms with Crippen LogP contribution in [0.1, 0.15) is 29.3 Å². The lowest BCUT2D eigenvalue weighted by Crippen LogP contribution is -2.30. The second-order valence-corrected chi connectivity index (χ2v) is 7.84. The van der Waals surface area contributed by atoms with Crippen LogP contribution in [-0.2, 0) is 21.4 Å². The predicted molar refractivity (Wildman–Crippen MR) is 99.6 cm³/mol. The number of nitrogens with one attached hydrogen (secondary N) is 2. The number of carbonyl (C=O) groups excluding carboxylic acids is 2. The fraction of sp³-hybridized carbons (Fsp3) is 0.222. The first-order valence-electron chi connectivity index (χ1n) is 7.90. The molecule has 0 bridgehead atoms. The summed E-state index contributed by atoms with van der Waals surface area (Å²) >= 11 is 5.79. The molecule has 0 radical (unpaired) electrons. The van der Waals surface area contributed by atoms with Gasteiger partial charge in [-0.15, -0.1) is 0 Å². The van der Waals surface area contributed by atoms with Gasteiger partial charge in [0.25, 0.3) is 0 Å². The number of benzene rings is 2.